The number of aliphatic hydroxyl groups excluding tert-OH is 1. The fourth-order valence-electron chi connectivity index (χ4n) is 9.40. The maximum absolute atomic E-state index is 14.1. The first-order valence-corrected chi connectivity index (χ1v) is 26.5. The number of thiazole rings is 1. The van der Waals surface area contributed by atoms with E-state index in [1.54, 1.807) is 11.3 Å². The number of aryl methyl sites for hydroxylation is 1. The normalized spacial score (nSPS) is 15.1. The Morgan fingerprint density at radius 1 is 0.808 bits per heavy atom. The number of urea groups is 1. The summed E-state index contributed by atoms with van der Waals surface area (Å²) in [7, 11) is 0. The molecule has 1 fully saturated rings. The zero-order chi connectivity index (χ0) is 52.2. The molecule has 1 aliphatic rings. The number of carbonyl (C=O) groups is 5. The molecule has 4 aromatic carbocycles. The maximum atomic E-state index is 14.1. The number of nitrogens with two attached hydrogens (primary N) is 1. The fourth-order valence-corrected chi connectivity index (χ4v) is 10.2. The smallest absolute Gasteiger partial charge is 0.323 e. The molecule has 3 atom stereocenters. The van der Waals surface area contributed by atoms with E-state index in [4.69, 9.17) is 5.73 Å². The molecule has 0 bridgehead atoms. The van der Waals surface area contributed by atoms with Crippen LogP contribution in [0.5, 0.6) is 0 Å². The summed E-state index contributed by atoms with van der Waals surface area (Å²) < 4.78 is 1.41. The molecule has 7 N–H and O–H groups in total. The van der Waals surface area contributed by atoms with Crippen molar-refractivity contribution in [2.24, 2.45) is 5.41 Å². The first kappa shape index (κ1) is 53.9. The van der Waals surface area contributed by atoms with E-state index in [9.17, 15) is 29.1 Å². The van der Waals surface area contributed by atoms with E-state index in [2.05, 4.69) is 45.2 Å². The van der Waals surface area contributed by atoms with Gasteiger partial charge in [-0.25, -0.2) is 9.78 Å². The number of hydrogen-bond acceptors (Lipinski definition) is 10. The second-order valence-corrected chi connectivity index (χ2v) is 21.5. The van der Waals surface area contributed by atoms with Crippen LogP contribution in [-0.2, 0) is 20.9 Å². The Bertz CT molecular complexity index is 2890. The number of β-amino-alcohol motifs (C(OH)–C–C–N with tert-alkyl or cyclic N) is 1. The van der Waals surface area contributed by atoms with Crippen LogP contribution < -0.4 is 27.0 Å². The largest absolute Gasteiger partial charge is 0.391 e. The highest BCUT2D eigenvalue weighted by atomic mass is 32.1. The number of aliphatic hydroxyl groups is 1. The zero-order valence-electron chi connectivity index (χ0n) is 43.0. The molecule has 0 spiro atoms. The molecule has 2 aromatic heterocycles. The van der Waals surface area contributed by atoms with Crippen LogP contribution in [0.25, 0.3) is 32.5 Å². The minimum Gasteiger partial charge on any atom is -0.391 e. The molecular formula is C57H71N9O6S. The summed E-state index contributed by atoms with van der Waals surface area (Å²) >= 11 is 1.58. The molecule has 386 valence electrons. The van der Waals surface area contributed by atoms with Crippen molar-refractivity contribution in [1.82, 2.24) is 30.3 Å². The Labute approximate surface area is 432 Å². The third-order valence-corrected chi connectivity index (χ3v) is 14.4. The molecule has 73 heavy (non-hydrogen) atoms. The molecule has 1 aliphatic heterocycles. The van der Waals surface area contributed by atoms with Crippen molar-refractivity contribution in [3.05, 3.63) is 113 Å². The Morgan fingerprint density at radius 3 is 2.11 bits per heavy atom. The van der Waals surface area contributed by atoms with Crippen LogP contribution in [0.4, 0.5) is 22.0 Å². The van der Waals surface area contributed by atoms with Crippen molar-refractivity contribution in [1.29, 1.82) is 0 Å². The van der Waals surface area contributed by atoms with Gasteiger partial charge in [-0.2, -0.15) is 4.68 Å². The number of unbranched alkanes of at least 4 members (excludes halogenated alkanes) is 7. The lowest BCUT2D eigenvalue weighted by atomic mass is 9.85. The van der Waals surface area contributed by atoms with Crippen molar-refractivity contribution >= 4 is 69.1 Å². The summed E-state index contributed by atoms with van der Waals surface area (Å²) in [6.45, 7) is 12.1. The maximum Gasteiger partial charge on any atom is 0.323 e. The number of rotatable bonds is 21. The lowest BCUT2D eigenvalue weighted by Crippen LogP contribution is -2.57. The lowest BCUT2D eigenvalue weighted by molar-refractivity contribution is -0.144. The Balaban J connectivity index is 0.804. The molecule has 5 amide bonds. The van der Waals surface area contributed by atoms with E-state index in [1.807, 2.05) is 124 Å². The number of amides is 5. The topological polar surface area (TPSA) is 214 Å². The van der Waals surface area contributed by atoms with Crippen molar-refractivity contribution in [3.8, 4) is 21.6 Å². The fraction of sp³-hybridized carbons (Fsp3) is 0.421. The van der Waals surface area contributed by atoms with E-state index < -0.39 is 23.6 Å². The third-order valence-electron chi connectivity index (χ3n) is 13.5. The summed E-state index contributed by atoms with van der Waals surface area (Å²) in [4.78, 5) is 74.0. The van der Waals surface area contributed by atoms with Gasteiger partial charge in [0.2, 0.25) is 23.6 Å². The van der Waals surface area contributed by atoms with E-state index >= 15 is 0 Å². The van der Waals surface area contributed by atoms with E-state index in [1.165, 1.54) is 9.58 Å². The predicted molar refractivity (Wildman–Crippen MR) is 291 cm³/mol. The van der Waals surface area contributed by atoms with Gasteiger partial charge < -0.3 is 37.0 Å². The highest BCUT2D eigenvalue weighted by Gasteiger charge is 2.44. The van der Waals surface area contributed by atoms with Crippen molar-refractivity contribution in [2.75, 3.05) is 22.9 Å². The molecule has 0 saturated carbocycles. The molecular weight excluding hydrogens is 939 g/mol. The van der Waals surface area contributed by atoms with Crippen LogP contribution in [-0.4, -0.2) is 79.2 Å². The number of fused-ring (bicyclic) bond motifs is 1. The molecule has 0 aliphatic carbocycles. The third kappa shape index (κ3) is 14.2. The van der Waals surface area contributed by atoms with Gasteiger partial charge in [-0.1, -0.05) is 134 Å². The van der Waals surface area contributed by atoms with Gasteiger partial charge in [0.05, 0.1) is 33.1 Å². The minimum absolute atomic E-state index is 0.0193. The highest BCUT2D eigenvalue weighted by Crippen LogP contribution is 2.35. The Hall–Kier alpha value is -6.91. The number of aromatic nitrogens is 3. The molecule has 1 saturated heterocycles. The number of anilines is 3. The summed E-state index contributed by atoms with van der Waals surface area (Å²) in [6.07, 6.45) is 7.02. The molecule has 0 radical (unpaired) electrons. The van der Waals surface area contributed by atoms with Crippen LogP contribution in [0.1, 0.15) is 133 Å². The second-order valence-electron chi connectivity index (χ2n) is 20.6. The number of nitrogens with one attached hydrogen (secondary N) is 4. The molecule has 6 aromatic rings. The van der Waals surface area contributed by atoms with Crippen LogP contribution in [0, 0.1) is 12.3 Å². The number of carbonyl (C=O) groups excluding carboxylic acids is 5. The number of nitrogen functional groups attached to an aromatic ring is 1. The summed E-state index contributed by atoms with van der Waals surface area (Å²) in [6, 6.07) is 26.8. The van der Waals surface area contributed by atoms with Gasteiger partial charge in [0.15, 0.2) is 5.82 Å². The molecule has 0 unspecified atom stereocenters. The standard InChI is InChI=1S/C57H71N9O6S/c1-36(2)40-18-15-20-42(30-40)61-56(72)62-43-21-16-19-41(31-43)45-22-17-23-46-50(45)53(58)64-66(46)49(69)25-14-12-10-8-7-9-11-13-24-48(68)63-52(57(4,5)6)55(71)65-34-44(67)32-47(65)54(70)59-33-38-26-28-39(29-27-38)51-37(3)60-35-73-51/h15-23,26-31,35-36,44,47,52,67H,7-14,24-25,32-34H2,1-6H3,(H2,58,64)(H,59,70)(H,63,68)(H2,61,62,72)/t44-,47+,52-/m1/s1. The SMILES string of the molecule is Cc1ncsc1-c1ccc(CNC(=O)[C@@H]2C[C@@H](O)CN2C(=O)[C@@H](NC(=O)CCCCCCCCCCC(=O)n2nc(N)c3c(-c4cccc(NC(=O)Nc5cccc(C(C)C)c5)c4)cccc32)C(C)(C)C)cc1. The first-order valence-electron chi connectivity index (χ1n) is 25.6. The first-order chi connectivity index (χ1) is 35.0. The average molecular weight is 1010 g/mol. The van der Waals surface area contributed by atoms with Gasteiger partial charge in [-0.3, -0.25) is 19.2 Å². The van der Waals surface area contributed by atoms with Gasteiger partial charge in [-0.15, -0.1) is 16.4 Å². The van der Waals surface area contributed by atoms with Crippen LogP contribution in [0.3, 0.4) is 0 Å². The highest BCUT2D eigenvalue weighted by molar-refractivity contribution is 7.13. The molecule has 15 nitrogen and oxygen atoms in total. The Morgan fingerprint density at radius 2 is 1.45 bits per heavy atom. The van der Waals surface area contributed by atoms with Crippen molar-refractivity contribution in [3.63, 3.8) is 0 Å². The average Bonchev–Trinajstić information content (AvgIpc) is 4.08. The molecule has 3 heterocycles. The number of hydrogen-bond donors (Lipinski definition) is 6. The van der Waals surface area contributed by atoms with Gasteiger partial charge in [0, 0.05) is 43.7 Å². The molecule has 16 heteroatoms. The number of benzene rings is 4. The lowest BCUT2D eigenvalue weighted by Gasteiger charge is -2.35. The van der Waals surface area contributed by atoms with E-state index in [0.717, 1.165) is 83.3 Å². The minimum atomic E-state index is -0.871. The van der Waals surface area contributed by atoms with Gasteiger partial charge in [-0.05, 0) is 89.2 Å². The van der Waals surface area contributed by atoms with Gasteiger partial charge >= 0.3 is 6.03 Å². The van der Waals surface area contributed by atoms with Crippen molar-refractivity contribution < 1.29 is 29.1 Å². The predicted octanol–water partition coefficient (Wildman–Crippen LogP) is 10.8. The summed E-state index contributed by atoms with van der Waals surface area (Å²) in [5.74, 6) is -0.464. The van der Waals surface area contributed by atoms with Crippen LogP contribution >= 0.6 is 11.3 Å². The quantitative estimate of drug-likeness (QED) is 0.0378. The Kier molecular flexibility index (Phi) is 18.2. The summed E-state index contributed by atoms with van der Waals surface area (Å²) in [5, 5.41) is 27.5. The van der Waals surface area contributed by atoms with Crippen LogP contribution in [0.2, 0.25) is 0 Å². The van der Waals surface area contributed by atoms with Gasteiger partial charge in [0.25, 0.3) is 0 Å². The monoisotopic (exact) mass is 1010 g/mol. The van der Waals surface area contributed by atoms with Crippen LogP contribution in [0.15, 0.2) is 96.5 Å². The number of likely N-dealkylation sites (tertiary alicyclic amines) is 1. The second kappa shape index (κ2) is 24.7. The number of nitrogens with zero attached hydrogens (tertiary/aromatic N) is 4. The zero-order valence-corrected chi connectivity index (χ0v) is 43.8. The van der Waals surface area contributed by atoms with Crippen molar-refractivity contribution in [2.45, 2.75) is 143 Å². The molecule has 7 rings (SSSR count). The van der Waals surface area contributed by atoms with E-state index in [0.29, 0.717) is 41.0 Å². The van der Waals surface area contributed by atoms with Gasteiger partial charge in [0.1, 0.15) is 12.1 Å². The van der Waals surface area contributed by atoms with E-state index in [-0.39, 0.29) is 61.4 Å². The summed E-state index contributed by atoms with van der Waals surface area (Å²) in [5.41, 5.74) is 15.3.